The highest BCUT2D eigenvalue weighted by Crippen LogP contribution is 2.19. The number of benzene rings is 1. The molecule has 0 bridgehead atoms. The van der Waals surface area contributed by atoms with Gasteiger partial charge < -0.3 is 15.5 Å². The normalized spacial score (nSPS) is 16.8. The number of hydrogen-bond donors (Lipinski definition) is 3. The minimum Gasteiger partial charge on any atom is -0.337 e. The molecule has 1 saturated heterocycles. The van der Waals surface area contributed by atoms with E-state index >= 15 is 0 Å². The quantitative estimate of drug-likeness (QED) is 0.761. The summed E-state index contributed by atoms with van der Waals surface area (Å²) in [6, 6.07) is 7.11. The van der Waals surface area contributed by atoms with Crippen molar-refractivity contribution in [2.45, 2.75) is 13.0 Å². The first-order valence-corrected chi connectivity index (χ1v) is 9.93. The molecule has 8 heteroatoms. The zero-order chi connectivity index (χ0) is 17.9. The lowest BCUT2D eigenvalue weighted by molar-refractivity contribution is 0.0772. The van der Waals surface area contributed by atoms with Gasteiger partial charge in [-0.25, -0.2) is 0 Å². The fourth-order valence-corrected chi connectivity index (χ4v) is 4.19. The third kappa shape index (κ3) is 3.47. The van der Waals surface area contributed by atoms with Crippen molar-refractivity contribution in [3.8, 4) is 0 Å². The number of rotatable bonds is 3. The number of amides is 2. The van der Waals surface area contributed by atoms with E-state index in [1.165, 1.54) is 0 Å². The van der Waals surface area contributed by atoms with Gasteiger partial charge in [-0.3, -0.25) is 14.7 Å². The highest BCUT2D eigenvalue weighted by molar-refractivity contribution is 7.99. The van der Waals surface area contributed by atoms with Crippen molar-refractivity contribution in [2.24, 2.45) is 0 Å². The molecule has 7 nitrogen and oxygen atoms in total. The predicted octanol–water partition coefficient (Wildman–Crippen LogP) is 1.50. The van der Waals surface area contributed by atoms with Crippen molar-refractivity contribution in [3.63, 3.8) is 0 Å². The number of H-pyrrole nitrogens is 1. The van der Waals surface area contributed by atoms with E-state index in [1.807, 2.05) is 16.7 Å². The maximum atomic E-state index is 12.6. The Morgan fingerprint density at radius 3 is 2.92 bits per heavy atom. The van der Waals surface area contributed by atoms with Gasteiger partial charge in [0.2, 0.25) is 0 Å². The molecule has 2 aromatic rings. The van der Waals surface area contributed by atoms with Gasteiger partial charge in [-0.05, 0) is 18.2 Å². The zero-order valence-electron chi connectivity index (χ0n) is 14.4. The van der Waals surface area contributed by atoms with Crippen LogP contribution in [0.4, 0.5) is 5.69 Å². The fraction of sp³-hybridized carbons (Fsp3) is 0.389. The van der Waals surface area contributed by atoms with E-state index in [1.54, 1.807) is 24.3 Å². The van der Waals surface area contributed by atoms with Gasteiger partial charge in [0, 0.05) is 66.6 Å². The molecule has 136 valence electrons. The molecule has 1 aromatic carbocycles. The van der Waals surface area contributed by atoms with Crippen LogP contribution in [-0.4, -0.2) is 58.1 Å². The van der Waals surface area contributed by atoms with Crippen molar-refractivity contribution in [3.05, 3.63) is 46.8 Å². The van der Waals surface area contributed by atoms with Crippen molar-refractivity contribution < 1.29 is 9.59 Å². The number of nitrogens with one attached hydrogen (secondary N) is 3. The number of anilines is 1. The summed E-state index contributed by atoms with van der Waals surface area (Å²) in [7, 11) is 0. The second kappa shape index (κ2) is 7.51. The van der Waals surface area contributed by atoms with Crippen LogP contribution in [0, 0.1) is 0 Å². The summed E-state index contributed by atoms with van der Waals surface area (Å²) in [4.78, 5) is 27.1. The van der Waals surface area contributed by atoms with E-state index in [0.717, 1.165) is 48.8 Å². The predicted molar refractivity (Wildman–Crippen MR) is 102 cm³/mol. The van der Waals surface area contributed by atoms with Crippen molar-refractivity contribution in [2.75, 3.05) is 36.5 Å². The monoisotopic (exact) mass is 371 g/mol. The molecule has 2 amide bonds. The van der Waals surface area contributed by atoms with E-state index in [2.05, 4.69) is 20.8 Å². The van der Waals surface area contributed by atoms with E-state index < -0.39 is 0 Å². The number of aromatic amines is 1. The van der Waals surface area contributed by atoms with Crippen LogP contribution in [-0.2, 0) is 13.0 Å². The van der Waals surface area contributed by atoms with Gasteiger partial charge in [-0.15, -0.1) is 0 Å². The van der Waals surface area contributed by atoms with Crippen LogP contribution in [0.25, 0.3) is 0 Å². The van der Waals surface area contributed by atoms with Crippen LogP contribution in [0.1, 0.15) is 32.1 Å². The van der Waals surface area contributed by atoms with Gasteiger partial charge in [0.1, 0.15) is 0 Å². The van der Waals surface area contributed by atoms with Gasteiger partial charge in [0.05, 0.1) is 0 Å². The van der Waals surface area contributed by atoms with Gasteiger partial charge in [0.25, 0.3) is 11.8 Å². The van der Waals surface area contributed by atoms with Crippen LogP contribution in [0.3, 0.4) is 0 Å². The number of fused-ring (bicyclic) bond motifs is 1. The first-order chi connectivity index (χ1) is 12.7. The summed E-state index contributed by atoms with van der Waals surface area (Å²) in [5.41, 5.74) is 3.55. The Balaban J connectivity index is 1.49. The molecule has 1 fully saturated rings. The van der Waals surface area contributed by atoms with Crippen LogP contribution in [0.5, 0.6) is 0 Å². The van der Waals surface area contributed by atoms with Crippen LogP contribution in [0.2, 0.25) is 0 Å². The maximum Gasteiger partial charge on any atom is 0.276 e. The number of aromatic nitrogens is 2. The molecular weight excluding hydrogens is 350 g/mol. The van der Waals surface area contributed by atoms with Crippen molar-refractivity contribution in [1.29, 1.82) is 0 Å². The highest BCUT2D eigenvalue weighted by atomic mass is 32.2. The summed E-state index contributed by atoms with van der Waals surface area (Å²) in [5, 5.41) is 13.2. The highest BCUT2D eigenvalue weighted by Gasteiger charge is 2.22. The Bertz CT molecular complexity index is 829. The lowest BCUT2D eigenvalue weighted by atomic mass is 10.1. The lowest BCUT2D eigenvalue weighted by Gasteiger charge is -2.26. The maximum absolute atomic E-state index is 12.6. The molecule has 0 aliphatic carbocycles. The standard InChI is InChI=1S/C18H21N5O2S/c24-17(16-14-11-19-5-4-15(14)21-22-16)20-13-3-1-2-12(10-13)18(25)23-6-8-26-9-7-23/h1-3,10,19H,4-9,11H2,(H,20,24)(H,21,22). The molecule has 1 aromatic heterocycles. The molecule has 26 heavy (non-hydrogen) atoms. The first-order valence-electron chi connectivity index (χ1n) is 8.77. The van der Waals surface area contributed by atoms with E-state index in [-0.39, 0.29) is 11.8 Å². The molecule has 3 N–H and O–H groups in total. The molecule has 0 spiro atoms. The molecular formula is C18H21N5O2S. The first kappa shape index (κ1) is 17.1. The third-order valence-corrected chi connectivity index (χ3v) is 5.63. The zero-order valence-corrected chi connectivity index (χ0v) is 15.2. The van der Waals surface area contributed by atoms with Gasteiger partial charge >= 0.3 is 0 Å². The second-order valence-corrected chi connectivity index (χ2v) is 7.62. The number of hydrogen-bond acceptors (Lipinski definition) is 5. The smallest absolute Gasteiger partial charge is 0.276 e. The minimum absolute atomic E-state index is 0.0164. The molecule has 0 saturated carbocycles. The largest absolute Gasteiger partial charge is 0.337 e. The molecule has 0 unspecified atom stereocenters. The van der Waals surface area contributed by atoms with Crippen LogP contribution >= 0.6 is 11.8 Å². The summed E-state index contributed by atoms with van der Waals surface area (Å²) in [5.74, 6) is 1.70. The average Bonchev–Trinajstić information content (AvgIpc) is 3.12. The molecule has 3 heterocycles. The van der Waals surface area contributed by atoms with E-state index in [9.17, 15) is 9.59 Å². The topological polar surface area (TPSA) is 90.1 Å². The minimum atomic E-state index is -0.259. The number of nitrogens with zero attached hydrogens (tertiary/aromatic N) is 2. The van der Waals surface area contributed by atoms with E-state index in [0.29, 0.717) is 23.5 Å². The summed E-state index contributed by atoms with van der Waals surface area (Å²) in [6.07, 6.45) is 0.841. The molecule has 2 aliphatic heterocycles. The number of thioether (sulfide) groups is 1. The summed E-state index contributed by atoms with van der Waals surface area (Å²) in [6.45, 7) is 3.06. The SMILES string of the molecule is O=C(Nc1cccc(C(=O)N2CCSCC2)c1)c1n[nH]c2c1CNCC2. The fourth-order valence-electron chi connectivity index (χ4n) is 3.28. The molecule has 0 atom stereocenters. The number of carbonyl (C=O) groups is 2. The number of carbonyl (C=O) groups excluding carboxylic acids is 2. The van der Waals surface area contributed by atoms with Crippen LogP contribution in [0.15, 0.2) is 24.3 Å². The van der Waals surface area contributed by atoms with Crippen molar-refractivity contribution in [1.82, 2.24) is 20.4 Å². The Kier molecular flexibility index (Phi) is 4.94. The molecule has 0 radical (unpaired) electrons. The summed E-state index contributed by atoms with van der Waals surface area (Å²) < 4.78 is 0. The van der Waals surface area contributed by atoms with Crippen LogP contribution < -0.4 is 10.6 Å². The Labute approximate surface area is 155 Å². The molecule has 4 rings (SSSR count). The third-order valence-electron chi connectivity index (χ3n) is 4.69. The van der Waals surface area contributed by atoms with E-state index in [4.69, 9.17) is 0 Å². The van der Waals surface area contributed by atoms with Crippen molar-refractivity contribution >= 4 is 29.3 Å². The Morgan fingerprint density at radius 1 is 1.23 bits per heavy atom. The van der Waals surface area contributed by atoms with Gasteiger partial charge in [0.15, 0.2) is 5.69 Å². The average molecular weight is 371 g/mol. The Hall–Kier alpha value is -2.32. The second-order valence-electron chi connectivity index (χ2n) is 6.40. The summed E-state index contributed by atoms with van der Waals surface area (Å²) >= 11 is 1.87. The van der Waals surface area contributed by atoms with Gasteiger partial charge in [-0.2, -0.15) is 16.9 Å². The lowest BCUT2D eigenvalue weighted by Crippen LogP contribution is -2.37. The molecule has 2 aliphatic rings. The Morgan fingerprint density at radius 2 is 2.08 bits per heavy atom. The van der Waals surface area contributed by atoms with Gasteiger partial charge in [-0.1, -0.05) is 6.07 Å².